The molecule has 4 nitrogen and oxygen atoms in total. The lowest BCUT2D eigenvalue weighted by molar-refractivity contribution is -0.120. The van der Waals surface area contributed by atoms with Crippen LogP contribution in [0.5, 0.6) is 0 Å². The number of nitrogens with one attached hydrogen (secondary N) is 2. The number of amides is 1. The van der Waals surface area contributed by atoms with Crippen LogP contribution in [0.2, 0.25) is 0 Å². The Morgan fingerprint density at radius 3 is 2.50 bits per heavy atom. The summed E-state index contributed by atoms with van der Waals surface area (Å²) in [4.78, 5) is 11.2. The van der Waals surface area contributed by atoms with Crippen molar-refractivity contribution < 1.29 is 9.90 Å². The van der Waals surface area contributed by atoms with Gasteiger partial charge in [0.25, 0.3) is 0 Å². The molecule has 0 heterocycles. The highest BCUT2D eigenvalue weighted by atomic mass is 16.3. The fourth-order valence-electron chi connectivity index (χ4n) is 0.893. The van der Waals surface area contributed by atoms with Gasteiger partial charge in [-0.2, -0.15) is 0 Å². The molecule has 0 aliphatic heterocycles. The number of carbonyl (C=O) groups is 1. The van der Waals surface area contributed by atoms with Crippen LogP contribution in [0.25, 0.3) is 0 Å². The van der Waals surface area contributed by atoms with Gasteiger partial charge in [0.05, 0.1) is 12.6 Å². The average molecular weight is 202 g/mol. The first-order valence-corrected chi connectivity index (χ1v) is 5.18. The lowest BCUT2D eigenvalue weighted by Gasteiger charge is -2.09. The molecule has 0 bridgehead atoms. The SMILES string of the molecule is CC(C)CNC(=O)CNCCC(C)O. The van der Waals surface area contributed by atoms with Crippen molar-refractivity contribution in [3.63, 3.8) is 0 Å². The summed E-state index contributed by atoms with van der Waals surface area (Å²) in [5.74, 6) is 0.501. The van der Waals surface area contributed by atoms with Crippen LogP contribution >= 0.6 is 0 Å². The van der Waals surface area contributed by atoms with Crippen LogP contribution in [-0.4, -0.2) is 36.8 Å². The molecule has 0 spiro atoms. The first-order valence-electron chi connectivity index (χ1n) is 5.18. The third kappa shape index (κ3) is 9.48. The van der Waals surface area contributed by atoms with Crippen molar-refractivity contribution in [3.05, 3.63) is 0 Å². The van der Waals surface area contributed by atoms with E-state index in [2.05, 4.69) is 24.5 Å². The van der Waals surface area contributed by atoms with E-state index >= 15 is 0 Å². The van der Waals surface area contributed by atoms with E-state index in [1.807, 2.05) is 0 Å². The van der Waals surface area contributed by atoms with Gasteiger partial charge in [0, 0.05) is 6.54 Å². The van der Waals surface area contributed by atoms with Gasteiger partial charge in [0.15, 0.2) is 0 Å². The fraction of sp³-hybridized carbons (Fsp3) is 0.900. The second kappa shape index (κ2) is 7.76. The van der Waals surface area contributed by atoms with Crippen molar-refractivity contribution in [1.29, 1.82) is 0 Å². The molecule has 0 aliphatic carbocycles. The molecular weight excluding hydrogens is 180 g/mol. The van der Waals surface area contributed by atoms with Gasteiger partial charge in [-0.15, -0.1) is 0 Å². The number of aliphatic hydroxyl groups excluding tert-OH is 1. The van der Waals surface area contributed by atoms with E-state index in [-0.39, 0.29) is 12.0 Å². The zero-order chi connectivity index (χ0) is 11.0. The third-order valence-corrected chi connectivity index (χ3v) is 1.73. The number of hydrogen-bond acceptors (Lipinski definition) is 3. The minimum Gasteiger partial charge on any atom is -0.393 e. The Morgan fingerprint density at radius 2 is 2.00 bits per heavy atom. The van der Waals surface area contributed by atoms with Gasteiger partial charge in [-0.25, -0.2) is 0 Å². The Bertz CT molecular complexity index is 158. The first-order chi connectivity index (χ1) is 6.52. The third-order valence-electron chi connectivity index (χ3n) is 1.73. The molecule has 0 aromatic rings. The number of aliphatic hydroxyl groups is 1. The van der Waals surface area contributed by atoms with E-state index < -0.39 is 0 Å². The lowest BCUT2D eigenvalue weighted by atomic mass is 10.2. The summed E-state index contributed by atoms with van der Waals surface area (Å²) in [5, 5.41) is 14.7. The van der Waals surface area contributed by atoms with Crippen LogP contribution in [0.15, 0.2) is 0 Å². The number of hydrogen-bond donors (Lipinski definition) is 3. The molecular formula is C10H22N2O2. The molecule has 3 N–H and O–H groups in total. The summed E-state index contributed by atoms with van der Waals surface area (Å²) >= 11 is 0. The maximum absolute atomic E-state index is 11.2. The summed E-state index contributed by atoms with van der Waals surface area (Å²) in [6.45, 7) is 7.58. The second-order valence-electron chi connectivity index (χ2n) is 4.01. The largest absolute Gasteiger partial charge is 0.393 e. The maximum Gasteiger partial charge on any atom is 0.233 e. The van der Waals surface area contributed by atoms with Gasteiger partial charge >= 0.3 is 0 Å². The van der Waals surface area contributed by atoms with Gasteiger partial charge in [0.2, 0.25) is 5.91 Å². The van der Waals surface area contributed by atoms with Crippen molar-refractivity contribution in [2.24, 2.45) is 5.92 Å². The Hall–Kier alpha value is -0.610. The average Bonchev–Trinajstić information content (AvgIpc) is 2.08. The Kier molecular flexibility index (Phi) is 7.42. The van der Waals surface area contributed by atoms with Crippen LogP contribution in [0.4, 0.5) is 0 Å². The smallest absolute Gasteiger partial charge is 0.233 e. The molecule has 0 saturated heterocycles. The highest BCUT2D eigenvalue weighted by molar-refractivity contribution is 5.77. The van der Waals surface area contributed by atoms with Gasteiger partial charge in [-0.05, 0) is 25.8 Å². The first kappa shape index (κ1) is 13.4. The molecule has 1 atom stereocenters. The van der Waals surface area contributed by atoms with E-state index in [4.69, 9.17) is 5.11 Å². The molecule has 1 unspecified atom stereocenters. The molecule has 0 radical (unpaired) electrons. The molecule has 4 heteroatoms. The van der Waals surface area contributed by atoms with Crippen molar-refractivity contribution in [3.8, 4) is 0 Å². The summed E-state index contributed by atoms with van der Waals surface area (Å²) in [7, 11) is 0. The Labute approximate surface area is 86.1 Å². The second-order valence-corrected chi connectivity index (χ2v) is 4.01. The van der Waals surface area contributed by atoms with Crippen molar-refractivity contribution in [2.75, 3.05) is 19.6 Å². The van der Waals surface area contributed by atoms with Crippen LogP contribution in [0, 0.1) is 5.92 Å². The topological polar surface area (TPSA) is 61.4 Å². The maximum atomic E-state index is 11.2. The fourth-order valence-corrected chi connectivity index (χ4v) is 0.893. The van der Waals surface area contributed by atoms with Crippen LogP contribution in [-0.2, 0) is 4.79 Å². The summed E-state index contributed by atoms with van der Waals surface area (Å²) in [5.41, 5.74) is 0. The molecule has 0 saturated carbocycles. The van der Waals surface area contributed by atoms with Gasteiger partial charge in [0.1, 0.15) is 0 Å². The van der Waals surface area contributed by atoms with Crippen molar-refractivity contribution in [1.82, 2.24) is 10.6 Å². The van der Waals surface area contributed by atoms with E-state index in [9.17, 15) is 4.79 Å². The standard InChI is InChI=1S/C10H22N2O2/c1-8(2)6-12-10(14)7-11-5-4-9(3)13/h8-9,11,13H,4-7H2,1-3H3,(H,12,14). The van der Waals surface area contributed by atoms with Gasteiger partial charge in [-0.1, -0.05) is 13.8 Å². The number of carbonyl (C=O) groups excluding carboxylic acids is 1. The molecule has 0 aromatic heterocycles. The highest BCUT2D eigenvalue weighted by Crippen LogP contribution is 1.87. The van der Waals surface area contributed by atoms with E-state index in [0.29, 0.717) is 25.4 Å². The minimum atomic E-state index is -0.304. The summed E-state index contributed by atoms with van der Waals surface area (Å²) in [6.07, 6.45) is 0.374. The molecule has 0 fully saturated rings. The molecule has 1 amide bonds. The van der Waals surface area contributed by atoms with Crippen molar-refractivity contribution >= 4 is 5.91 Å². The zero-order valence-corrected chi connectivity index (χ0v) is 9.34. The van der Waals surface area contributed by atoms with Crippen LogP contribution < -0.4 is 10.6 Å². The summed E-state index contributed by atoms with van der Waals surface area (Å²) < 4.78 is 0. The van der Waals surface area contributed by atoms with Crippen molar-refractivity contribution in [2.45, 2.75) is 33.3 Å². The zero-order valence-electron chi connectivity index (χ0n) is 9.34. The quantitative estimate of drug-likeness (QED) is 0.514. The van der Waals surface area contributed by atoms with Gasteiger partial charge < -0.3 is 15.7 Å². The molecule has 0 aliphatic rings. The number of rotatable bonds is 7. The Morgan fingerprint density at radius 1 is 1.36 bits per heavy atom. The predicted molar refractivity (Wildman–Crippen MR) is 57.0 cm³/mol. The predicted octanol–water partition coefficient (Wildman–Crippen LogP) is 0.119. The molecule has 84 valence electrons. The van der Waals surface area contributed by atoms with Crippen LogP contribution in [0.1, 0.15) is 27.2 Å². The van der Waals surface area contributed by atoms with E-state index in [1.54, 1.807) is 6.92 Å². The minimum absolute atomic E-state index is 0.0179. The highest BCUT2D eigenvalue weighted by Gasteiger charge is 2.01. The summed E-state index contributed by atoms with van der Waals surface area (Å²) in [6, 6.07) is 0. The Balaban J connectivity index is 3.27. The molecule has 0 rings (SSSR count). The van der Waals surface area contributed by atoms with Crippen LogP contribution in [0.3, 0.4) is 0 Å². The lowest BCUT2D eigenvalue weighted by Crippen LogP contribution is -2.36. The monoisotopic (exact) mass is 202 g/mol. The molecule has 0 aromatic carbocycles. The molecule has 14 heavy (non-hydrogen) atoms. The van der Waals surface area contributed by atoms with E-state index in [1.165, 1.54) is 0 Å². The van der Waals surface area contributed by atoms with E-state index in [0.717, 1.165) is 6.54 Å². The normalized spacial score (nSPS) is 12.9. The van der Waals surface area contributed by atoms with Gasteiger partial charge in [-0.3, -0.25) is 4.79 Å².